The number of carbonyl (C=O) groups excluding carboxylic acids is 2. The smallest absolute Gasteiger partial charge is 0.343 e. The van der Waals surface area contributed by atoms with E-state index in [1.54, 1.807) is 37.3 Å². The number of allylic oxidation sites excluding steroid dienone is 1. The molecule has 0 N–H and O–H groups in total. The quantitative estimate of drug-likeness (QED) is 0.259. The fourth-order valence-corrected chi connectivity index (χ4v) is 2.54. The Balaban J connectivity index is 1.86. The molecule has 0 radical (unpaired) electrons. The predicted octanol–water partition coefficient (Wildman–Crippen LogP) is 5.39. The van der Waals surface area contributed by atoms with Gasteiger partial charge in [-0.1, -0.05) is 29.8 Å². The molecule has 0 aliphatic carbocycles. The summed E-state index contributed by atoms with van der Waals surface area (Å²) in [5, 5.41) is 0. The van der Waals surface area contributed by atoms with Crippen LogP contribution in [0.3, 0.4) is 0 Å². The zero-order valence-corrected chi connectivity index (χ0v) is 15.0. The summed E-state index contributed by atoms with van der Waals surface area (Å²) in [7, 11) is 0. The minimum absolute atomic E-state index is 0.0723. The summed E-state index contributed by atoms with van der Waals surface area (Å²) in [5.74, 6) is -1.99. The van der Waals surface area contributed by atoms with Crippen molar-refractivity contribution in [2.24, 2.45) is 0 Å². The number of hydrogen-bond acceptors (Lipinski definition) is 3. The molecular weight excluding hydrogens is 362 g/mol. The maximum absolute atomic E-state index is 13.7. The van der Waals surface area contributed by atoms with Crippen molar-refractivity contribution in [2.45, 2.75) is 6.92 Å². The Kier molecular flexibility index (Phi) is 5.75. The lowest BCUT2D eigenvalue weighted by molar-refractivity contribution is 0.0733. The first kappa shape index (κ1) is 19.2. The average Bonchev–Trinajstić information content (AvgIpc) is 2.69. The van der Waals surface area contributed by atoms with Gasteiger partial charge in [-0.2, -0.15) is 0 Å². The zero-order chi connectivity index (χ0) is 20.1. The Bertz CT molecular complexity index is 1050. The fourth-order valence-electron chi connectivity index (χ4n) is 2.54. The van der Waals surface area contributed by atoms with E-state index in [1.165, 1.54) is 36.4 Å². The lowest BCUT2D eigenvalue weighted by Gasteiger charge is -2.09. The normalized spacial score (nSPS) is 10.8. The Hall–Kier alpha value is -3.60. The first-order chi connectivity index (χ1) is 13.4. The zero-order valence-electron chi connectivity index (χ0n) is 15.0. The molecule has 3 aromatic rings. The van der Waals surface area contributed by atoms with E-state index in [9.17, 15) is 18.4 Å². The van der Waals surface area contributed by atoms with Crippen molar-refractivity contribution in [3.8, 4) is 5.75 Å². The van der Waals surface area contributed by atoms with Crippen molar-refractivity contribution in [2.75, 3.05) is 0 Å². The highest BCUT2D eigenvalue weighted by Gasteiger charge is 2.15. The third kappa shape index (κ3) is 4.57. The number of benzene rings is 3. The molecule has 0 bridgehead atoms. The van der Waals surface area contributed by atoms with Crippen molar-refractivity contribution in [1.29, 1.82) is 0 Å². The van der Waals surface area contributed by atoms with Gasteiger partial charge in [-0.15, -0.1) is 0 Å². The molecule has 0 aromatic heterocycles. The first-order valence-corrected chi connectivity index (χ1v) is 8.49. The minimum atomic E-state index is -0.712. The molecule has 3 aromatic carbocycles. The van der Waals surface area contributed by atoms with Gasteiger partial charge in [-0.05, 0) is 61.5 Å². The van der Waals surface area contributed by atoms with Gasteiger partial charge in [0.2, 0.25) is 0 Å². The summed E-state index contributed by atoms with van der Waals surface area (Å²) >= 11 is 0. The van der Waals surface area contributed by atoms with Gasteiger partial charge in [0.25, 0.3) is 0 Å². The second-order valence-corrected chi connectivity index (χ2v) is 6.12. The van der Waals surface area contributed by atoms with Gasteiger partial charge in [-0.3, -0.25) is 4.79 Å². The van der Waals surface area contributed by atoms with Gasteiger partial charge in [0.05, 0.1) is 11.1 Å². The van der Waals surface area contributed by atoms with Crippen molar-refractivity contribution < 1.29 is 23.1 Å². The van der Waals surface area contributed by atoms with Crippen molar-refractivity contribution in [1.82, 2.24) is 0 Å². The van der Waals surface area contributed by atoms with Crippen LogP contribution in [0.4, 0.5) is 8.78 Å². The van der Waals surface area contributed by atoms with E-state index in [0.29, 0.717) is 0 Å². The molecule has 0 unspecified atom stereocenters. The Morgan fingerprint density at radius 2 is 1.64 bits per heavy atom. The number of carbonyl (C=O) groups is 2. The minimum Gasteiger partial charge on any atom is -0.422 e. The number of esters is 1. The molecule has 0 aliphatic heterocycles. The van der Waals surface area contributed by atoms with Crippen LogP contribution in [0, 0.1) is 18.6 Å². The number of aryl methyl sites for hydroxylation is 1. The number of ether oxygens (including phenoxy) is 1. The summed E-state index contributed by atoms with van der Waals surface area (Å²) in [6.45, 7) is 1.79. The van der Waals surface area contributed by atoms with E-state index in [-0.39, 0.29) is 22.4 Å². The second-order valence-electron chi connectivity index (χ2n) is 6.12. The Morgan fingerprint density at radius 1 is 0.929 bits per heavy atom. The lowest BCUT2D eigenvalue weighted by atomic mass is 10.0. The van der Waals surface area contributed by atoms with Crippen LogP contribution >= 0.6 is 0 Å². The van der Waals surface area contributed by atoms with Crippen LogP contribution in [0.1, 0.15) is 31.8 Å². The van der Waals surface area contributed by atoms with Gasteiger partial charge >= 0.3 is 5.97 Å². The number of halogens is 2. The van der Waals surface area contributed by atoms with Crippen LogP contribution < -0.4 is 4.74 Å². The molecule has 0 saturated heterocycles. The monoisotopic (exact) mass is 378 g/mol. The maximum Gasteiger partial charge on any atom is 0.343 e. The highest BCUT2D eigenvalue weighted by atomic mass is 19.1. The van der Waals surface area contributed by atoms with Crippen LogP contribution in [0.2, 0.25) is 0 Å². The summed E-state index contributed by atoms with van der Waals surface area (Å²) in [4.78, 5) is 24.9. The van der Waals surface area contributed by atoms with Gasteiger partial charge in [-0.25, -0.2) is 13.6 Å². The predicted molar refractivity (Wildman–Crippen MR) is 102 cm³/mol. The van der Waals surface area contributed by atoms with Gasteiger partial charge in [0.15, 0.2) is 5.78 Å². The maximum atomic E-state index is 13.7. The molecule has 140 valence electrons. The molecular formula is C23H16F2O3. The van der Waals surface area contributed by atoms with Gasteiger partial charge < -0.3 is 4.74 Å². The highest BCUT2D eigenvalue weighted by molar-refractivity contribution is 6.09. The highest BCUT2D eigenvalue weighted by Crippen LogP contribution is 2.23. The van der Waals surface area contributed by atoms with Crippen molar-refractivity contribution >= 4 is 17.8 Å². The summed E-state index contributed by atoms with van der Waals surface area (Å²) in [5.41, 5.74) is 1.39. The van der Waals surface area contributed by atoms with Crippen LogP contribution in [0.25, 0.3) is 6.08 Å². The molecule has 0 amide bonds. The van der Waals surface area contributed by atoms with E-state index < -0.39 is 23.4 Å². The largest absolute Gasteiger partial charge is 0.422 e. The molecule has 0 atom stereocenters. The number of hydrogen-bond donors (Lipinski definition) is 0. The second kappa shape index (κ2) is 8.39. The van der Waals surface area contributed by atoms with Gasteiger partial charge in [0, 0.05) is 5.56 Å². The van der Waals surface area contributed by atoms with E-state index >= 15 is 0 Å². The van der Waals surface area contributed by atoms with E-state index in [0.717, 1.165) is 17.7 Å². The van der Waals surface area contributed by atoms with E-state index in [4.69, 9.17) is 4.74 Å². The topological polar surface area (TPSA) is 43.4 Å². The number of rotatable bonds is 5. The molecule has 0 spiro atoms. The van der Waals surface area contributed by atoms with Crippen LogP contribution in [-0.4, -0.2) is 11.8 Å². The number of ketones is 1. The van der Waals surface area contributed by atoms with Gasteiger partial charge in [0.1, 0.15) is 17.4 Å². The van der Waals surface area contributed by atoms with E-state index in [2.05, 4.69) is 0 Å². The molecule has 3 nitrogen and oxygen atoms in total. The Labute approximate surface area is 160 Å². The molecule has 3 rings (SSSR count). The lowest BCUT2D eigenvalue weighted by Crippen LogP contribution is -2.11. The molecule has 0 aliphatic rings. The SMILES string of the molecule is Cc1ccc(OC(=O)c2ccc(F)cc2)c(C(=O)C=Cc2ccccc2F)c1. The average molecular weight is 378 g/mol. The molecule has 0 heterocycles. The van der Waals surface area contributed by atoms with Crippen LogP contribution in [0.15, 0.2) is 72.8 Å². The molecule has 0 saturated carbocycles. The van der Waals surface area contributed by atoms with Crippen molar-refractivity contribution in [3.63, 3.8) is 0 Å². The Morgan fingerprint density at radius 3 is 2.36 bits per heavy atom. The van der Waals surface area contributed by atoms with Crippen LogP contribution in [0.5, 0.6) is 5.75 Å². The third-order valence-electron chi connectivity index (χ3n) is 4.00. The van der Waals surface area contributed by atoms with Crippen LogP contribution in [-0.2, 0) is 0 Å². The standard InChI is InChI=1S/C23H16F2O3/c1-15-6-13-22(28-23(27)17-7-10-18(24)11-8-17)19(14-15)21(26)12-9-16-4-2-3-5-20(16)25/h2-14H,1H3. The summed E-state index contributed by atoms with van der Waals surface area (Å²) < 4.78 is 32.1. The first-order valence-electron chi connectivity index (χ1n) is 8.49. The third-order valence-corrected chi connectivity index (χ3v) is 4.00. The molecule has 0 fully saturated rings. The van der Waals surface area contributed by atoms with Crippen molar-refractivity contribution in [3.05, 3.63) is 107 Å². The molecule has 28 heavy (non-hydrogen) atoms. The summed E-state index contributed by atoms with van der Waals surface area (Å²) in [6, 6.07) is 15.8. The van der Waals surface area contributed by atoms with E-state index in [1.807, 2.05) is 0 Å². The summed E-state index contributed by atoms with van der Waals surface area (Å²) in [6.07, 6.45) is 2.59. The molecule has 5 heteroatoms. The fraction of sp³-hybridized carbons (Fsp3) is 0.0435.